The fourth-order valence-electron chi connectivity index (χ4n) is 5.63. The highest BCUT2D eigenvalue weighted by Crippen LogP contribution is 2.40. The van der Waals surface area contributed by atoms with Gasteiger partial charge in [-0.05, 0) is 98.7 Å². The molecule has 41 heavy (non-hydrogen) atoms. The molecule has 7 heteroatoms. The third-order valence-electron chi connectivity index (χ3n) is 7.77. The third-order valence-corrected chi connectivity index (χ3v) is 7.77. The summed E-state index contributed by atoms with van der Waals surface area (Å²) in [5.41, 5.74) is 8.40. The average Bonchev–Trinajstić information content (AvgIpc) is 3.37. The van der Waals surface area contributed by atoms with Gasteiger partial charge in [-0.1, -0.05) is 18.7 Å². The maximum Gasteiger partial charge on any atom is 0.306 e. The zero-order valence-electron chi connectivity index (χ0n) is 24.0. The van der Waals surface area contributed by atoms with Crippen LogP contribution in [0.1, 0.15) is 59.5 Å². The molecule has 2 aromatic carbocycles. The lowest BCUT2D eigenvalue weighted by Crippen LogP contribution is -2.19. The molecule has 0 saturated carbocycles. The number of fused-ring (bicyclic) bond motifs is 1. The largest absolute Gasteiger partial charge is 0.492 e. The van der Waals surface area contributed by atoms with E-state index in [1.807, 2.05) is 43.3 Å². The summed E-state index contributed by atoms with van der Waals surface area (Å²) >= 11 is 0. The van der Waals surface area contributed by atoms with E-state index in [-0.39, 0.29) is 18.3 Å². The lowest BCUT2D eigenvalue weighted by Gasteiger charge is -2.21. The van der Waals surface area contributed by atoms with Crippen LogP contribution in [0.15, 0.2) is 72.6 Å². The maximum atomic E-state index is 15.3. The minimum absolute atomic E-state index is 0.0537. The number of halogens is 1. The van der Waals surface area contributed by atoms with E-state index in [2.05, 4.69) is 42.8 Å². The summed E-state index contributed by atoms with van der Waals surface area (Å²) in [7, 11) is 1.38. The first kappa shape index (κ1) is 28.3. The van der Waals surface area contributed by atoms with Crippen molar-refractivity contribution >= 4 is 11.5 Å². The van der Waals surface area contributed by atoms with E-state index in [4.69, 9.17) is 14.2 Å². The van der Waals surface area contributed by atoms with Crippen LogP contribution < -0.4 is 9.47 Å². The quantitative estimate of drug-likeness (QED) is 0.293. The van der Waals surface area contributed by atoms with Crippen molar-refractivity contribution in [1.82, 2.24) is 10.2 Å². The Morgan fingerprint density at radius 2 is 1.85 bits per heavy atom. The van der Waals surface area contributed by atoms with Gasteiger partial charge in [0.05, 0.1) is 31.5 Å². The van der Waals surface area contributed by atoms with Gasteiger partial charge in [0, 0.05) is 28.7 Å². The van der Waals surface area contributed by atoms with Gasteiger partial charge in [-0.25, -0.2) is 4.39 Å². The number of benzene rings is 2. The Morgan fingerprint density at radius 3 is 2.56 bits per heavy atom. The van der Waals surface area contributed by atoms with E-state index in [0.29, 0.717) is 30.1 Å². The van der Waals surface area contributed by atoms with Crippen LogP contribution in [0.2, 0.25) is 0 Å². The Bertz CT molecular complexity index is 1520. The SMILES string of the molecule is C=C1/C(F)=C\C=C(\c2c(C)cc(-c3ccc(C)nn3)cc2C)CCC[C@H]1Oc1ccc2c(c1)OC[C@H]2CC(=O)OC. The van der Waals surface area contributed by atoms with Gasteiger partial charge in [0.2, 0.25) is 0 Å². The van der Waals surface area contributed by atoms with Crippen molar-refractivity contribution < 1.29 is 23.4 Å². The lowest BCUT2D eigenvalue weighted by molar-refractivity contribution is -0.141. The number of esters is 1. The Hall–Kier alpha value is -4.26. The number of rotatable bonds is 6. The standard InChI is InChI=1S/C34H35FN2O4/c1-20-15-25(30-14-9-22(3)36-37-30)16-21(2)34(20)24-7-6-8-31(23(4)29(35)13-10-24)41-27-11-12-28-26(17-33(38)39-5)19-40-32(28)18-27/h9-16,18,26,31H,4,6-8,17,19H2,1-3,5H3/b24-10+,29-13+/t26-,31-/m1/s1. The maximum absolute atomic E-state index is 15.3. The average molecular weight is 555 g/mol. The fourth-order valence-corrected chi connectivity index (χ4v) is 5.63. The van der Waals surface area contributed by atoms with Gasteiger partial charge < -0.3 is 14.2 Å². The lowest BCUT2D eigenvalue weighted by atomic mass is 9.89. The number of ether oxygens (including phenoxy) is 3. The van der Waals surface area contributed by atoms with Crippen LogP contribution in [0.4, 0.5) is 4.39 Å². The second-order valence-electron chi connectivity index (χ2n) is 10.8. The molecule has 0 spiro atoms. The molecule has 5 rings (SSSR count). The number of methoxy groups -OCH3 is 1. The monoisotopic (exact) mass is 554 g/mol. The summed E-state index contributed by atoms with van der Waals surface area (Å²) in [5.74, 6) is 0.533. The number of aromatic nitrogens is 2. The van der Waals surface area contributed by atoms with Crippen LogP contribution in [0.3, 0.4) is 0 Å². The Balaban J connectivity index is 1.32. The van der Waals surface area contributed by atoms with Crippen LogP contribution in [0, 0.1) is 20.8 Å². The number of carbonyl (C=O) groups excluding carboxylic acids is 1. The number of hydrogen-bond donors (Lipinski definition) is 0. The van der Waals surface area contributed by atoms with Crippen LogP contribution in [-0.4, -0.2) is 36.0 Å². The Morgan fingerprint density at radius 1 is 1.07 bits per heavy atom. The Kier molecular flexibility index (Phi) is 8.34. The zero-order valence-corrected chi connectivity index (χ0v) is 24.0. The molecule has 1 aliphatic carbocycles. The summed E-state index contributed by atoms with van der Waals surface area (Å²) in [4.78, 5) is 11.7. The minimum atomic E-state index is -0.519. The topological polar surface area (TPSA) is 70.5 Å². The molecule has 0 radical (unpaired) electrons. The van der Waals surface area contributed by atoms with E-state index in [1.54, 1.807) is 0 Å². The number of nitrogens with zero attached hydrogens (tertiary/aromatic N) is 2. The molecule has 0 saturated heterocycles. The summed E-state index contributed by atoms with van der Waals surface area (Å²) in [6.45, 7) is 10.5. The van der Waals surface area contributed by atoms with E-state index in [9.17, 15) is 4.79 Å². The van der Waals surface area contributed by atoms with E-state index >= 15 is 4.39 Å². The van der Waals surface area contributed by atoms with Crippen molar-refractivity contribution in [3.05, 3.63) is 101 Å². The highest BCUT2D eigenvalue weighted by molar-refractivity contribution is 5.76. The van der Waals surface area contributed by atoms with Crippen molar-refractivity contribution in [3.8, 4) is 22.8 Å². The predicted molar refractivity (Wildman–Crippen MR) is 158 cm³/mol. The minimum Gasteiger partial charge on any atom is -0.492 e. The van der Waals surface area contributed by atoms with Crippen LogP contribution in [0.5, 0.6) is 11.5 Å². The first-order valence-electron chi connectivity index (χ1n) is 13.9. The van der Waals surface area contributed by atoms with E-state index in [1.165, 1.54) is 13.2 Å². The molecular weight excluding hydrogens is 519 g/mol. The molecule has 0 N–H and O–H groups in total. The summed E-state index contributed by atoms with van der Waals surface area (Å²) in [5, 5.41) is 8.53. The summed E-state index contributed by atoms with van der Waals surface area (Å²) in [6.07, 6.45) is 5.28. The van der Waals surface area contributed by atoms with Gasteiger partial charge in [0.15, 0.2) is 0 Å². The van der Waals surface area contributed by atoms with Gasteiger partial charge in [0.1, 0.15) is 23.4 Å². The molecule has 1 aliphatic heterocycles. The molecule has 0 fully saturated rings. The first-order chi connectivity index (χ1) is 19.7. The molecule has 212 valence electrons. The summed E-state index contributed by atoms with van der Waals surface area (Å²) < 4.78 is 32.2. The molecule has 2 heterocycles. The summed E-state index contributed by atoms with van der Waals surface area (Å²) in [6, 6.07) is 13.7. The molecule has 0 bridgehead atoms. The molecule has 1 aromatic heterocycles. The van der Waals surface area contributed by atoms with E-state index < -0.39 is 11.9 Å². The Labute approximate surface area is 240 Å². The third kappa shape index (κ3) is 6.24. The molecule has 0 amide bonds. The second-order valence-corrected chi connectivity index (χ2v) is 10.8. The van der Waals surface area contributed by atoms with E-state index in [0.717, 1.165) is 57.6 Å². The fraction of sp³-hybridized carbons (Fsp3) is 0.324. The molecule has 3 aromatic rings. The van der Waals surface area contributed by atoms with Gasteiger partial charge >= 0.3 is 5.97 Å². The normalized spacial score (nSPS) is 21.2. The van der Waals surface area contributed by atoms with Crippen molar-refractivity contribution in [2.45, 2.75) is 58.5 Å². The van der Waals surface area contributed by atoms with Crippen molar-refractivity contribution in [2.75, 3.05) is 13.7 Å². The molecule has 2 atom stereocenters. The van der Waals surface area contributed by atoms with Gasteiger partial charge in [-0.15, -0.1) is 0 Å². The van der Waals surface area contributed by atoms with Crippen molar-refractivity contribution in [3.63, 3.8) is 0 Å². The van der Waals surface area contributed by atoms with Crippen LogP contribution in [-0.2, 0) is 9.53 Å². The number of hydrogen-bond acceptors (Lipinski definition) is 6. The van der Waals surface area contributed by atoms with Crippen LogP contribution >= 0.6 is 0 Å². The van der Waals surface area contributed by atoms with Gasteiger partial charge in [-0.2, -0.15) is 10.2 Å². The first-order valence-corrected chi connectivity index (χ1v) is 13.9. The smallest absolute Gasteiger partial charge is 0.306 e. The zero-order chi connectivity index (χ0) is 29.1. The highest BCUT2D eigenvalue weighted by atomic mass is 19.1. The van der Waals surface area contributed by atoms with Gasteiger partial charge in [-0.3, -0.25) is 4.79 Å². The highest BCUT2D eigenvalue weighted by Gasteiger charge is 2.28. The van der Waals surface area contributed by atoms with Crippen molar-refractivity contribution in [1.29, 1.82) is 0 Å². The molecular formula is C34H35FN2O4. The number of allylic oxidation sites excluding steroid dienone is 3. The van der Waals surface area contributed by atoms with Crippen molar-refractivity contribution in [2.24, 2.45) is 0 Å². The molecule has 2 aliphatic rings. The number of aryl methyl sites for hydroxylation is 3. The molecule has 6 nitrogen and oxygen atoms in total. The predicted octanol–water partition coefficient (Wildman–Crippen LogP) is 7.53. The second kappa shape index (κ2) is 12.1. The molecule has 0 unspecified atom stereocenters. The van der Waals surface area contributed by atoms with Crippen LogP contribution in [0.25, 0.3) is 16.8 Å². The number of carbonyl (C=O) groups is 1. The van der Waals surface area contributed by atoms with Gasteiger partial charge in [0.25, 0.3) is 0 Å².